The minimum absolute atomic E-state index is 0.673. The first-order valence-corrected chi connectivity index (χ1v) is 7.76. The molecule has 0 atom stereocenters. The number of hydrogen-bond acceptors (Lipinski definition) is 1. The van der Waals surface area contributed by atoms with E-state index >= 15 is 0 Å². The summed E-state index contributed by atoms with van der Waals surface area (Å²) < 4.78 is 3.31. The van der Waals surface area contributed by atoms with Crippen LogP contribution in [-0.2, 0) is 0 Å². The Morgan fingerprint density at radius 2 is 1.55 bits per heavy atom. The molecule has 0 saturated heterocycles. The first-order chi connectivity index (χ1) is 10.8. The number of nitriles is 1. The minimum Gasteiger partial charge on any atom is -0.309 e. The van der Waals surface area contributed by atoms with Crippen LogP contribution in [-0.4, -0.2) is 4.57 Å². The molecule has 0 bridgehead atoms. The average molecular weight is 347 g/mol. The number of rotatable bonds is 1. The van der Waals surface area contributed by atoms with E-state index in [4.69, 9.17) is 5.26 Å². The van der Waals surface area contributed by atoms with Gasteiger partial charge in [-0.2, -0.15) is 5.26 Å². The molecule has 0 amide bonds. The number of hydrogen-bond donors (Lipinski definition) is 0. The standard InChI is InChI=1S/C19H11BrN2/c20-14-7-10-19-17(11-14)16-3-1-2-4-18(16)22(19)15-8-5-13(12-21)6-9-15/h1-11H. The summed E-state index contributed by atoms with van der Waals surface area (Å²) in [6.07, 6.45) is 0. The zero-order valence-corrected chi connectivity index (χ0v) is 13.2. The van der Waals surface area contributed by atoms with Gasteiger partial charge in [-0.3, -0.25) is 0 Å². The van der Waals surface area contributed by atoms with Crippen molar-refractivity contribution >= 4 is 37.7 Å². The van der Waals surface area contributed by atoms with Gasteiger partial charge in [0.05, 0.1) is 22.7 Å². The molecule has 0 aliphatic heterocycles. The first-order valence-electron chi connectivity index (χ1n) is 6.97. The van der Waals surface area contributed by atoms with Crippen molar-refractivity contribution in [2.45, 2.75) is 0 Å². The molecule has 4 aromatic rings. The van der Waals surface area contributed by atoms with Crippen LogP contribution in [0, 0.1) is 11.3 Å². The number of nitrogens with zero attached hydrogens (tertiary/aromatic N) is 2. The quantitative estimate of drug-likeness (QED) is 0.452. The van der Waals surface area contributed by atoms with Crippen molar-refractivity contribution in [1.82, 2.24) is 4.57 Å². The summed E-state index contributed by atoms with van der Waals surface area (Å²) in [5.41, 5.74) is 4.06. The Morgan fingerprint density at radius 3 is 2.32 bits per heavy atom. The molecule has 3 heteroatoms. The van der Waals surface area contributed by atoms with E-state index in [9.17, 15) is 0 Å². The fourth-order valence-corrected chi connectivity index (χ4v) is 3.27. The second-order valence-corrected chi connectivity index (χ2v) is 6.09. The summed E-state index contributed by atoms with van der Waals surface area (Å²) in [6, 6.07) is 24.6. The molecule has 4 rings (SSSR count). The van der Waals surface area contributed by atoms with Crippen molar-refractivity contribution in [2.75, 3.05) is 0 Å². The van der Waals surface area contributed by atoms with Gasteiger partial charge in [-0.15, -0.1) is 0 Å². The van der Waals surface area contributed by atoms with Crippen molar-refractivity contribution in [3.8, 4) is 11.8 Å². The number of fused-ring (bicyclic) bond motifs is 3. The monoisotopic (exact) mass is 346 g/mol. The molecule has 0 saturated carbocycles. The molecule has 104 valence electrons. The first kappa shape index (κ1) is 13.1. The van der Waals surface area contributed by atoms with Crippen molar-refractivity contribution < 1.29 is 0 Å². The lowest BCUT2D eigenvalue weighted by molar-refractivity contribution is 1.18. The number of aromatic nitrogens is 1. The molecule has 0 spiro atoms. The third-order valence-corrected chi connectivity index (χ3v) is 4.38. The van der Waals surface area contributed by atoms with E-state index in [0.717, 1.165) is 15.7 Å². The smallest absolute Gasteiger partial charge is 0.0991 e. The summed E-state index contributed by atoms with van der Waals surface area (Å²) >= 11 is 3.56. The Bertz CT molecular complexity index is 1040. The van der Waals surface area contributed by atoms with E-state index in [1.165, 1.54) is 16.3 Å². The second kappa shape index (κ2) is 5.01. The molecule has 0 unspecified atom stereocenters. The Hall–Kier alpha value is -2.57. The Labute approximate surface area is 136 Å². The Morgan fingerprint density at radius 1 is 0.818 bits per heavy atom. The van der Waals surface area contributed by atoms with Gasteiger partial charge in [0.2, 0.25) is 0 Å². The second-order valence-electron chi connectivity index (χ2n) is 5.17. The van der Waals surface area contributed by atoms with Crippen molar-refractivity contribution in [3.63, 3.8) is 0 Å². The van der Waals surface area contributed by atoms with Gasteiger partial charge in [0.15, 0.2) is 0 Å². The predicted octanol–water partition coefficient (Wildman–Crippen LogP) is 5.42. The molecule has 2 nitrogen and oxygen atoms in total. The fourth-order valence-electron chi connectivity index (χ4n) is 2.91. The third kappa shape index (κ3) is 1.93. The molecule has 1 heterocycles. The zero-order valence-electron chi connectivity index (χ0n) is 11.6. The van der Waals surface area contributed by atoms with Gasteiger partial charge in [0, 0.05) is 20.9 Å². The van der Waals surface area contributed by atoms with Gasteiger partial charge in [0.25, 0.3) is 0 Å². The summed E-state index contributed by atoms with van der Waals surface area (Å²) in [5.74, 6) is 0. The average Bonchev–Trinajstić information content (AvgIpc) is 2.89. The number of halogens is 1. The SMILES string of the molecule is N#Cc1ccc(-n2c3ccccc3c3cc(Br)ccc32)cc1. The maximum Gasteiger partial charge on any atom is 0.0991 e. The highest BCUT2D eigenvalue weighted by Crippen LogP contribution is 2.33. The van der Waals surface area contributed by atoms with E-state index in [-0.39, 0.29) is 0 Å². The highest BCUT2D eigenvalue weighted by molar-refractivity contribution is 9.10. The van der Waals surface area contributed by atoms with E-state index in [1.54, 1.807) is 0 Å². The lowest BCUT2D eigenvalue weighted by Crippen LogP contribution is -1.93. The summed E-state index contributed by atoms with van der Waals surface area (Å²) in [6.45, 7) is 0. The lowest BCUT2D eigenvalue weighted by atomic mass is 10.2. The molecule has 1 aromatic heterocycles. The minimum atomic E-state index is 0.673. The topological polar surface area (TPSA) is 28.7 Å². The zero-order chi connectivity index (χ0) is 15.1. The van der Waals surface area contributed by atoms with E-state index in [2.05, 4.69) is 69.0 Å². The van der Waals surface area contributed by atoms with Gasteiger partial charge in [-0.05, 0) is 48.5 Å². The van der Waals surface area contributed by atoms with Gasteiger partial charge in [0.1, 0.15) is 0 Å². The summed E-state index contributed by atoms with van der Waals surface area (Å²) in [4.78, 5) is 0. The lowest BCUT2D eigenvalue weighted by Gasteiger charge is -2.07. The van der Waals surface area contributed by atoms with E-state index in [0.29, 0.717) is 5.56 Å². The van der Waals surface area contributed by atoms with Crippen LogP contribution in [0.5, 0.6) is 0 Å². The highest BCUT2D eigenvalue weighted by Gasteiger charge is 2.11. The van der Waals surface area contributed by atoms with Crippen molar-refractivity contribution in [2.24, 2.45) is 0 Å². The van der Waals surface area contributed by atoms with Crippen LogP contribution in [0.15, 0.2) is 71.2 Å². The van der Waals surface area contributed by atoms with Crippen molar-refractivity contribution in [3.05, 3.63) is 76.8 Å². The maximum atomic E-state index is 8.97. The van der Waals surface area contributed by atoms with E-state index < -0.39 is 0 Å². The molecule has 0 radical (unpaired) electrons. The Kier molecular flexibility index (Phi) is 2.99. The fraction of sp³-hybridized carbons (Fsp3) is 0. The van der Waals surface area contributed by atoms with Gasteiger partial charge in [-0.25, -0.2) is 0 Å². The molecule has 0 aliphatic rings. The molecular formula is C19H11BrN2. The molecule has 0 aliphatic carbocycles. The summed E-state index contributed by atoms with van der Waals surface area (Å²) in [7, 11) is 0. The highest BCUT2D eigenvalue weighted by atomic mass is 79.9. The van der Waals surface area contributed by atoms with Crippen LogP contribution in [0.4, 0.5) is 0 Å². The van der Waals surface area contributed by atoms with Crippen LogP contribution >= 0.6 is 15.9 Å². The third-order valence-electron chi connectivity index (χ3n) is 3.89. The molecule has 0 fully saturated rings. The normalized spacial score (nSPS) is 10.9. The molecule has 3 aromatic carbocycles. The van der Waals surface area contributed by atoms with Gasteiger partial charge in [-0.1, -0.05) is 34.1 Å². The number of para-hydroxylation sites is 1. The van der Waals surface area contributed by atoms with Crippen LogP contribution in [0.2, 0.25) is 0 Å². The molecule has 0 N–H and O–H groups in total. The van der Waals surface area contributed by atoms with Gasteiger partial charge < -0.3 is 4.57 Å². The molecular weight excluding hydrogens is 336 g/mol. The maximum absolute atomic E-state index is 8.97. The van der Waals surface area contributed by atoms with E-state index in [1.807, 2.05) is 24.3 Å². The number of benzene rings is 3. The predicted molar refractivity (Wildman–Crippen MR) is 93.2 cm³/mol. The molecule has 22 heavy (non-hydrogen) atoms. The van der Waals surface area contributed by atoms with Crippen LogP contribution < -0.4 is 0 Å². The van der Waals surface area contributed by atoms with Crippen molar-refractivity contribution in [1.29, 1.82) is 5.26 Å². The van der Waals surface area contributed by atoms with Crippen LogP contribution in [0.25, 0.3) is 27.5 Å². The largest absolute Gasteiger partial charge is 0.309 e. The van der Waals surface area contributed by atoms with Crippen LogP contribution in [0.3, 0.4) is 0 Å². The summed E-state index contributed by atoms with van der Waals surface area (Å²) in [5, 5.41) is 11.4. The van der Waals surface area contributed by atoms with Crippen LogP contribution in [0.1, 0.15) is 5.56 Å². The Balaban J connectivity index is 2.12. The van der Waals surface area contributed by atoms with Gasteiger partial charge >= 0.3 is 0 Å².